The molecule has 0 aromatic carbocycles. The monoisotopic (exact) mass is 284 g/mol. The highest BCUT2D eigenvalue weighted by molar-refractivity contribution is 6.32. The van der Waals surface area contributed by atoms with Crippen molar-refractivity contribution in [2.45, 2.75) is 25.7 Å². The number of H-pyrrole nitrogens is 1. The summed E-state index contributed by atoms with van der Waals surface area (Å²) in [5, 5.41) is 8.92. The van der Waals surface area contributed by atoms with Crippen LogP contribution in [0.3, 0.4) is 0 Å². The molecule has 2 rings (SSSR count). The normalized spacial score (nSPS) is 15.3. The maximum atomic E-state index is 11.9. The van der Waals surface area contributed by atoms with Gasteiger partial charge in [-0.25, -0.2) is 5.10 Å². The van der Waals surface area contributed by atoms with Crippen LogP contribution in [0.15, 0.2) is 11.0 Å². The first-order valence-corrected chi connectivity index (χ1v) is 6.81. The third-order valence-corrected chi connectivity index (χ3v) is 3.53. The molecule has 1 fully saturated rings. The van der Waals surface area contributed by atoms with Crippen molar-refractivity contribution >= 4 is 23.2 Å². The zero-order valence-electron chi connectivity index (χ0n) is 10.6. The maximum Gasteiger partial charge on any atom is 0.285 e. The summed E-state index contributed by atoms with van der Waals surface area (Å²) in [6.45, 7) is 2.15. The lowest BCUT2D eigenvalue weighted by atomic mass is 10.1. The highest BCUT2D eigenvalue weighted by Gasteiger charge is 2.15. The summed E-state index contributed by atoms with van der Waals surface area (Å²) in [6, 6.07) is 0. The Morgan fingerprint density at radius 3 is 2.89 bits per heavy atom. The molecular formula is C12H17ClN4O2. The minimum atomic E-state index is -0.436. The van der Waals surface area contributed by atoms with Gasteiger partial charge in [0.25, 0.3) is 5.56 Å². The molecule has 1 aromatic rings. The number of anilines is 1. The molecular weight excluding hydrogens is 268 g/mol. The van der Waals surface area contributed by atoms with Crippen LogP contribution in [0.2, 0.25) is 5.02 Å². The largest absolute Gasteiger partial charge is 0.382 e. The second-order valence-electron chi connectivity index (χ2n) is 4.55. The average molecular weight is 285 g/mol. The van der Waals surface area contributed by atoms with E-state index in [4.69, 9.17) is 11.6 Å². The van der Waals surface area contributed by atoms with Crippen LogP contribution in [-0.4, -0.2) is 40.6 Å². The standard InChI is InChI=1S/C12H17ClN4O2/c13-11-9(8-15-16-12(11)19)14-5-4-10(18)17-6-2-1-3-7-17/h8H,1-7H2,(H2,14,16,19). The van der Waals surface area contributed by atoms with Gasteiger partial charge in [-0.05, 0) is 19.3 Å². The molecule has 0 saturated carbocycles. The van der Waals surface area contributed by atoms with E-state index in [0.717, 1.165) is 25.9 Å². The minimum Gasteiger partial charge on any atom is -0.382 e. The number of rotatable bonds is 4. The van der Waals surface area contributed by atoms with Crippen molar-refractivity contribution in [3.05, 3.63) is 21.6 Å². The van der Waals surface area contributed by atoms with E-state index in [2.05, 4.69) is 15.5 Å². The Balaban J connectivity index is 1.81. The first kappa shape index (κ1) is 13.9. The fourth-order valence-electron chi connectivity index (χ4n) is 2.11. The number of piperidine rings is 1. The summed E-state index contributed by atoms with van der Waals surface area (Å²) in [4.78, 5) is 25.0. The predicted molar refractivity (Wildman–Crippen MR) is 73.4 cm³/mol. The fourth-order valence-corrected chi connectivity index (χ4v) is 2.27. The minimum absolute atomic E-state index is 0.0698. The van der Waals surface area contributed by atoms with E-state index in [1.54, 1.807) is 0 Å². The Morgan fingerprint density at radius 2 is 2.16 bits per heavy atom. The molecule has 0 atom stereocenters. The first-order valence-electron chi connectivity index (χ1n) is 6.43. The number of likely N-dealkylation sites (tertiary alicyclic amines) is 1. The Bertz CT molecular complexity index is 497. The van der Waals surface area contributed by atoms with Crippen LogP contribution in [0.1, 0.15) is 25.7 Å². The van der Waals surface area contributed by atoms with Crippen molar-refractivity contribution < 1.29 is 4.79 Å². The van der Waals surface area contributed by atoms with E-state index in [1.165, 1.54) is 12.6 Å². The number of aromatic amines is 1. The van der Waals surface area contributed by atoms with Gasteiger partial charge < -0.3 is 10.2 Å². The van der Waals surface area contributed by atoms with Crippen molar-refractivity contribution in [1.82, 2.24) is 15.1 Å². The van der Waals surface area contributed by atoms with Crippen molar-refractivity contribution in [2.75, 3.05) is 25.0 Å². The number of nitrogens with zero attached hydrogens (tertiary/aromatic N) is 2. The summed E-state index contributed by atoms with van der Waals surface area (Å²) in [5.74, 6) is 0.140. The van der Waals surface area contributed by atoms with Crippen LogP contribution >= 0.6 is 11.6 Å². The van der Waals surface area contributed by atoms with Crippen LogP contribution < -0.4 is 10.9 Å². The molecule has 2 heterocycles. The van der Waals surface area contributed by atoms with Crippen LogP contribution in [-0.2, 0) is 4.79 Å². The summed E-state index contributed by atoms with van der Waals surface area (Å²) in [7, 11) is 0. The second-order valence-corrected chi connectivity index (χ2v) is 4.92. The molecule has 1 amide bonds. The number of hydrogen-bond acceptors (Lipinski definition) is 4. The Kier molecular flexibility index (Phi) is 4.79. The Morgan fingerprint density at radius 1 is 1.42 bits per heavy atom. The van der Waals surface area contributed by atoms with Crippen molar-refractivity contribution in [3.63, 3.8) is 0 Å². The summed E-state index contributed by atoms with van der Waals surface area (Å²) >= 11 is 5.82. The number of halogens is 1. The molecule has 0 bridgehead atoms. The Labute approximate surface area is 116 Å². The third kappa shape index (κ3) is 3.70. The lowest BCUT2D eigenvalue weighted by Gasteiger charge is -2.26. The zero-order chi connectivity index (χ0) is 13.7. The van der Waals surface area contributed by atoms with Gasteiger partial charge in [-0.1, -0.05) is 11.6 Å². The number of carbonyl (C=O) groups excluding carboxylic acids is 1. The highest BCUT2D eigenvalue weighted by atomic mass is 35.5. The lowest BCUT2D eigenvalue weighted by molar-refractivity contribution is -0.131. The molecule has 1 aliphatic rings. The van der Waals surface area contributed by atoms with Gasteiger partial charge in [0.15, 0.2) is 0 Å². The summed E-state index contributed by atoms with van der Waals surface area (Å²) < 4.78 is 0. The second kappa shape index (κ2) is 6.56. The molecule has 1 aromatic heterocycles. The number of amides is 1. The van der Waals surface area contributed by atoms with E-state index in [0.29, 0.717) is 18.7 Å². The molecule has 0 unspecified atom stereocenters. The number of nitrogens with one attached hydrogen (secondary N) is 2. The third-order valence-electron chi connectivity index (χ3n) is 3.16. The van der Waals surface area contributed by atoms with Gasteiger partial charge >= 0.3 is 0 Å². The van der Waals surface area contributed by atoms with Gasteiger partial charge in [0.1, 0.15) is 5.02 Å². The molecule has 1 aliphatic heterocycles. The van der Waals surface area contributed by atoms with E-state index < -0.39 is 5.56 Å². The summed E-state index contributed by atoms with van der Waals surface area (Å²) in [5.41, 5.74) is 0.0193. The van der Waals surface area contributed by atoms with Gasteiger partial charge in [-0.15, -0.1) is 0 Å². The smallest absolute Gasteiger partial charge is 0.285 e. The average Bonchev–Trinajstić information content (AvgIpc) is 2.44. The van der Waals surface area contributed by atoms with Gasteiger partial charge in [0.2, 0.25) is 5.91 Å². The van der Waals surface area contributed by atoms with Gasteiger partial charge in [-0.2, -0.15) is 5.10 Å². The predicted octanol–water partition coefficient (Wildman–Crippen LogP) is 1.24. The van der Waals surface area contributed by atoms with Crippen LogP contribution in [0.5, 0.6) is 0 Å². The molecule has 0 radical (unpaired) electrons. The molecule has 1 saturated heterocycles. The number of aromatic nitrogens is 2. The van der Waals surface area contributed by atoms with E-state index in [-0.39, 0.29) is 10.9 Å². The molecule has 0 spiro atoms. The quantitative estimate of drug-likeness (QED) is 0.872. The topological polar surface area (TPSA) is 78.1 Å². The van der Waals surface area contributed by atoms with E-state index in [9.17, 15) is 9.59 Å². The van der Waals surface area contributed by atoms with Crippen molar-refractivity contribution in [1.29, 1.82) is 0 Å². The van der Waals surface area contributed by atoms with Gasteiger partial charge in [-0.3, -0.25) is 9.59 Å². The first-order chi connectivity index (χ1) is 9.18. The molecule has 2 N–H and O–H groups in total. The molecule has 19 heavy (non-hydrogen) atoms. The molecule has 0 aliphatic carbocycles. The fraction of sp³-hybridized carbons (Fsp3) is 0.583. The van der Waals surface area contributed by atoms with Gasteiger partial charge in [0.05, 0.1) is 11.9 Å². The van der Waals surface area contributed by atoms with Crippen LogP contribution in [0.4, 0.5) is 5.69 Å². The number of hydrogen-bond donors (Lipinski definition) is 2. The van der Waals surface area contributed by atoms with Crippen LogP contribution in [0, 0.1) is 0 Å². The number of carbonyl (C=O) groups is 1. The van der Waals surface area contributed by atoms with E-state index >= 15 is 0 Å². The zero-order valence-corrected chi connectivity index (χ0v) is 11.4. The molecule has 7 heteroatoms. The molecule has 104 valence electrons. The highest BCUT2D eigenvalue weighted by Crippen LogP contribution is 2.14. The maximum absolute atomic E-state index is 11.9. The lowest BCUT2D eigenvalue weighted by Crippen LogP contribution is -2.36. The van der Waals surface area contributed by atoms with E-state index in [1.807, 2.05) is 4.90 Å². The molecule has 6 nitrogen and oxygen atoms in total. The van der Waals surface area contributed by atoms with Crippen LogP contribution in [0.25, 0.3) is 0 Å². The summed E-state index contributed by atoms with van der Waals surface area (Å²) in [6.07, 6.45) is 5.21. The SMILES string of the molecule is O=C(CCNc1cn[nH]c(=O)c1Cl)N1CCCCC1. The van der Waals surface area contributed by atoms with Crippen molar-refractivity contribution in [2.24, 2.45) is 0 Å². The van der Waals surface area contributed by atoms with Gasteiger partial charge in [0, 0.05) is 26.1 Å². The van der Waals surface area contributed by atoms with Crippen molar-refractivity contribution in [3.8, 4) is 0 Å². The Hall–Kier alpha value is -1.56.